The van der Waals surface area contributed by atoms with E-state index in [0.29, 0.717) is 40.1 Å². The van der Waals surface area contributed by atoms with Crippen LogP contribution >= 0.6 is 46.4 Å². The van der Waals surface area contributed by atoms with Crippen molar-refractivity contribution in [2.24, 2.45) is 0 Å². The molecule has 0 N–H and O–H groups in total. The lowest BCUT2D eigenvalue weighted by Gasteiger charge is -2.30. The van der Waals surface area contributed by atoms with Crippen molar-refractivity contribution in [1.29, 1.82) is 0 Å². The van der Waals surface area contributed by atoms with Gasteiger partial charge in [-0.1, -0.05) is 52.5 Å². The second kappa shape index (κ2) is 10.00. The summed E-state index contributed by atoms with van der Waals surface area (Å²) in [5.74, 6) is -0.915. The zero-order valence-electron chi connectivity index (χ0n) is 16.6. The van der Waals surface area contributed by atoms with E-state index in [1.807, 2.05) is 10.8 Å². The van der Waals surface area contributed by atoms with Crippen molar-refractivity contribution in [1.82, 2.24) is 9.55 Å². The number of carbonyl (C=O) groups is 1. The van der Waals surface area contributed by atoms with Crippen molar-refractivity contribution in [2.45, 2.75) is 23.3 Å². The van der Waals surface area contributed by atoms with E-state index in [9.17, 15) is 4.79 Å². The minimum atomic E-state index is -1.12. The summed E-state index contributed by atoms with van der Waals surface area (Å²) < 4.78 is 20.2. The molecule has 1 saturated heterocycles. The topological polar surface area (TPSA) is 62.6 Å². The maximum Gasteiger partial charge on any atom is 0.215 e. The largest absolute Gasteiger partial charge is 0.491 e. The second-order valence-corrected chi connectivity index (χ2v) is 9.10. The Hall–Kier alpha value is -1.80. The number of imidazole rings is 1. The Bertz CT molecular complexity index is 1080. The molecule has 1 aliphatic heterocycles. The molecular formula is C22H18Cl4N2O4. The van der Waals surface area contributed by atoms with Gasteiger partial charge in [0.2, 0.25) is 5.79 Å². The summed E-state index contributed by atoms with van der Waals surface area (Å²) in [6.07, 6.45) is 4.81. The van der Waals surface area contributed by atoms with Crippen LogP contribution in [0.3, 0.4) is 0 Å². The van der Waals surface area contributed by atoms with Gasteiger partial charge in [-0.25, -0.2) is 4.98 Å². The van der Waals surface area contributed by atoms with Crippen molar-refractivity contribution in [2.75, 3.05) is 13.2 Å². The molecule has 3 aromatic rings. The van der Waals surface area contributed by atoms with E-state index < -0.39 is 10.6 Å². The molecule has 2 heterocycles. The Labute approximate surface area is 204 Å². The maximum atomic E-state index is 11.8. The molecular weight excluding hydrogens is 498 g/mol. The highest BCUT2D eigenvalue weighted by molar-refractivity contribution is 6.55. The van der Waals surface area contributed by atoms with Crippen LogP contribution in [0.5, 0.6) is 5.75 Å². The van der Waals surface area contributed by atoms with Crippen LogP contribution in [0.2, 0.25) is 10.0 Å². The molecule has 1 aliphatic rings. The molecule has 4 rings (SSSR count). The van der Waals surface area contributed by atoms with E-state index in [1.165, 1.54) is 0 Å². The SMILES string of the molecule is O=C(c1ccc(OCC2COC(Cn3ccnc3)(c3ccc(Cl)cc3Cl)O2)cc1)C(Cl)Cl. The summed E-state index contributed by atoms with van der Waals surface area (Å²) >= 11 is 23.8. The van der Waals surface area contributed by atoms with Crippen molar-refractivity contribution in [3.8, 4) is 5.75 Å². The molecule has 0 spiro atoms. The molecule has 0 aliphatic carbocycles. The number of rotatable bonds is 8. The molecule has 0 radical (unpaired) electrons. The van der Waals surface area contributed by atoms with Gasteiger partial charge in [0.15, 0.2) is 10.6 Å². The predicted molar refractivity (Wildman–Crippen MR) is 123 cm³/mol. The first-order chi connectivity index (χ1) is 15.4. The lowest BCUT2D eigenvalue weighted by molar-refractivity contribution is -0.189. The summed E-state index contributed by atoms with van der Waals surface area (Å²) in [6.45, 7) is 0.877. The van der Waals surface area contributed by atoms with E-state index >= 15 is 0 Å². The summed E-state index contributed by atoms with van der Waals surface area (Å²) in [5.41, 5.74) is 1.07. The number of hydrogen-bond donors (Lipinski definition) is 0. The fraction of sp³-hybridized carbons (Fsp3) is 0.273. The highest BCUT2D eigenvalue weighted by atomic mass is 35.5. The molecule has 1 aromatic heterocycles. The van der Waals surface area contributed by atoms with Crippen molar-refractivity contribution < 1.29 is 19.0 Å². The number of hydrogen-bond acceptors (Lipinski definition) is 5. The van der Waals surface area contributed by atoms with Crippen LogP contribution in [0.4, 0.5) is 0 Å². The molecule has 2 aromatic carbocycles. The molecule has 168 valence electrons. The number of nitrogens with zero attached hydrogens (tertiary/aromatic N) is 2. The van der Waals surface area contributed by atoms with Crippen LogP contribution < -0.4 is 4.74 Å². The summed E-state index contributed by atoms with van der Waals surface area (Å²) in [4.78, 5) is 14.8. The van der Waals surface area contributed by atoms with Gasteiger partial charge in [-0.15, -0.1) is 0 Å². The first-order valence-corrected chi connectivity index (χ1v) is 11.3. The highest BCUT2D eigenvalue weighted by Gasteiger charge is 2.45. The number of benzene rings is 2. The fourth-order valence-corrected chi connectivity index (χ4v) is 4.21. The number of ether oxygens (including phenoxy) is 3. The van der Waals surface area contributed by atoms with Crippen LogP contribution in [0.1, 0.15) is 15.9 Å². The van der Waals surface area contributed by atoms with Crippen LogP contribution in [-0.2, 0) is 21.8 Å². The van der Waals surface area contributed by atoms with Gasteiger partial charge in [0, 0.05) is 28.5 Å². The Balaban J connectivity index is 1.47. The molecule has 0 bridgehead atoms. The smallest absolute Gasteiger partial charge is 0.215 e. The predicted octanol–water partition coefficient (Wildman–Crippen LogP) is 5.52. The number of alkyl halides is 2. The third-order valence-corrected chi connectivity index (χ3v) is 5.87. The van der Waals surface area contributed by atoms with Gasteiger partial charge >= 0.3 is 0 Å². The quantitative estimate of drug-likeness (QED) is 0.292. The molecule has 32 heavy (non-hydrogen) atoms. The Morgan fingerprint density at radius 3 is 2.66 bits per heavy atom. The third-order valence-electron chi connectivity index (χ3n) is 4.92. The molecule has 2 atom stereocenters. The zero-order chi connectivity index (χ0) is 22.7. The fourth-order valence-electron chi connectivity index (χ4n) is 3.41. The molecule has 6 nitrogen and oxygen atoms in total. The first kappa shape index (κ1) is 23.4. The van der Waals surface area contributed by atoms with E-state index in [4.69, 9.17) is 60.6 Å². The van der Waals surface area contributed by atoms with E-state index in [1.54, 1.807) is 55.0 Å². The average molecular weight is 516 g/mol. The van der Waals surface area contributed by atoms with Crippen LogP contribution in [0, 0.1) is 0 Å². The van der Waals surface area contributed by atoms with Crippen molar-refractivity contribution in [3.05, 3.63) is 82.4 Å². The number of carbonyl (C=O) groups excluding carboxylic acids is 1. The summed E-state index contributed by atoms with van der Waals surface area (Å²) in [6, 6.07) is 11.8. The van der Waals surface area contributed by atoms with Crippen LogP contribution in [0.25, 0.3) is 0 Å². The van der Waals surface area contributed by atoms with E-state index in [2.05, 4.69) is 4.98 Å². The molecule has 2 unspecified atom stereocenters. The highest BCUT2D eigenvalue weighted by Crippen LogP contribution is 2.40. The average Bonchev–Trinajstić information content (AvgIpc) is 3.43. The second-order valence-electron chi connectivity index (χ2n) is 7.16. The Morgan fingerprint density at radius 2 is 2.00 bits per heavy atom. The third kappa shape index (κ3) is 5.22. The van der Waals surface area contributed by atoms with Gasteiger partial charge in [-0.3, -0.25) is 4.79 Å². The van der Waals surface area contributed by atoms with E-state index in [0.717, 1.165) is 0 Å². The van der Waals surface area contributed by atoms with Crippen LogP contribution in [0.15, 0.2) is 61.2 Å². The summed E-state index contributed by atoms with van der Waals surface area (Å²) in [5, 5.41) is 0.960. The van der Waals surface area contributed by atoms with Crippen molar-refractivity contribution >= 4 is 52.2 Å². The van der Waals surface area contributed by atoms with Gasteiger partial charge in [0.25, 0.3) is 0 Å². The monoisotopic (exact) mass is 514 g/mol. The van der Waals surface area contributed by atoms with Gasteiger partial charge in [-0.2, -0.15) is 0 Å². The van der Waals surface area contributed by atoms with Gasteiger partial charge in [0.05, 0.1) is 24.5 Å². The standard InChI is InChI=1S/C22H18Cl4N2O4/c23-15-3-6-18(19(24)9-15)22(12-28-8-7-27-13-28)31-11-17(32-22)10-30-16-4-1-14(2-5-16)20(29)21(25)26/h1-9,13,17,21H,10-12H2. The van der Waals surface area contributed by atoms with Gasteiger partial charge in [-0.05, 0) is 36.4 Å². The normalized spacial score (nSPS) is 20.6. The Kier molecular flexibility index (Phi) is 7.30. The zero-order valence-corrected chi connectivity index (χ0v) is 19.6. The molecule has 1 fully saturated rings. The van der Waals surface area contributed by atoms with Gasteiger partial charge < -0.3 is 18.8 Å². The first-order valence-electron chi connectivity index (χ1n) is 9.64. The van der Waals surface area contributed by atoms with E-state index in [-0.39, 0.29) is 18.5 Å². The number of ketones is 1. The van der Waals surface area contributed by atoms with Crippen molar-refractivity contribution in [3.63, 3.8) is 0 Å². The molecule has 10 heteroatoms. The summed E-state index contributed by atoms with van der Waals surface area (Å²) in [7, 11) is 0. The number of Topliss-reactive ketones (excluding diaryl/α,β-unsaturated/α-hetero) is 1. The Morgan fingerprint density at radius 1 is 1.22 bits per heavy atom. The number of halogens is 4. The maximum absolute atomic E-state index is 11.8. The van der Waals surface area contributed by atoms with Crippen LogP contribution in [-0.4, -0.2) is 39.5 Å². The lowest BCUT2D eigenvalue weighted by atomic mass is 10.1. The lowest BCUT2D eigenvalue weighted by Crippen LogP contribution is -2.34. The molecule has 0 amide bonds. The number of aromatic nitrogens is 2. The molecule has 0 saturated carbocycles. The minimum absolute atomic E-state index is 0.234. The minimum Gasteiger partial charge on any atom is -0.491 e. The van der Waals surface area contributed by atoms with Gasteiger partial charge in [0.1, 0.15) is 18.5 Å².